The first-order valence-corrected chi connectivity index (χ1v) is 7.49. The summed E-state index contributed by atoms with van der Waals surface area (Å²) < 4.78 is 6.11. The molecule has 0 unspecified atom stereocenters. The molecule has 4 aliphatic heterocycles. The van der Waals surface area contributed by atoms with Crippen LogP contribution in [0.5, 0.6) is 5.75 Å². The highest BCUT2D eigenvalue weighted by Crippen LogP contribution is 2.31. The number of carboxylic acids is 1. The fourth-order valence-corrected chi connectivity index (χ4v) is 4.22. The van der Waals surface area contributed by atoms with E-state index in [2.05, 4.69) is 14.7 Å². The quantitative estimate of drug-likeness (QED) is 0.813. The van der Waals surface area contributed by atoms with E-state index in [1.54, 1.807) is 12.1 Å². The van der Waals surface area contributed by atoms with Crippen LogP contribution in [-0.4, -0.2) is 77.4 Å². The first-order chi connectivity index (χ1) is 10.6. The number of hydrogen-bond acceptors (Lipinski definition) is 5. The fraction of sp³-hybridized carbons (Fsp3) is 0.533. The lowest BCUT2D eigenvalue weighted by atomic mass is 10.1. The molecule has 0 aromatic heterocycles. The van der Waals surface area contributed by atoms with Crippen LogP contribution < -0.4 is 4.74 Å². The van der Waals surface area contributed by atoms with Crippen LogP contribution in [0, 0.1) is 0 Å². The number of carbonyl (C=O) groups is 1. The largest absolute Gasteiger partial charge is 0.496 e. The number of aromatic carboxylic acids is 1. The zero-order valence-electron chi connectivity index (χ0n) is 12.7. The van der Waals surface area contributed by atoms with E-state index >= 15 is 0 Å². The number of ether oxygens (including phenoxy) is 1. The van der Waals surface area contributed by atoms with Crippen molar-refractivity contribution in [3.8, 4) is 5.75 Å². The Morgan fingerprint density at radius 3 is 2.27 bits per heavy atom. The molecule has 4 saturated heterocycles. The Morgan fingerprint density at radius 1 is 1.18 bits per heavy atom. The van der Waals surface area contributed by atoms with Gasteiger partial charge in [-0.25, -0.2) is 19.5 Å². The van der Waals surface area contributed by atoms with Crippen molar-refractivity contribution in [3.05, 3.63) is 29.3 Å². The minimum absolute atomic E-state index is 0.245. The topological polar surface area (TPSA) is 56.2 Å². The van der Waals surface area contributed by atoms with Gasteiger partial charge in [0, 0.05) is 5.56 Å². The third-order valence-corrected chi connectivity index (χ3v) is 4.71. The molecule has 0 atom stereocenters. The lowest BCUT2D eigenvalue weighted by molar-refractivity contribution is -0.991. The van der Waals surface area contributed by atoms with Crippen LogP contribution in [0.25, 0.3) is 0 Å². The second-order valence-electron chi connectivity index (χ2n) is 6.70. The van der Waals surface area contributed by atoms with Gasteiger partial charge in [0.05, 0.1) is 27.1 Å². The standard InChI is InChI=1S/C15H20N4O3/c1-22-14-3-2-12(4-13(14)15(20)21)5-19-9-16-6-17(10-19)8-18(7-16)11-19/h2-4H,5-11H2,1H3/p+1. The molecule has 0 aliphatic carbocycles. The Morgan fingerprint density at radius 2 is 1.77 bits per heavy atom. The molecule has 0 saturated carbocycles. The maximum Gasteiger partial charge on any atom is 0.339 e. The van der Waals surface area contributed by atoms with E-state index in [4.69, 9.17) is 4.74 Å². The molecule has 118 valence electrons. The number of quaternary nitrogens is 1. The molecule has 0 radical (unpaired) electrons. The molecule has 7 heteroatoms. The smallest absolute Gasteiger partial charge is 0.339 e. The minimum Gasteiger partial charge on any atom is -0.496 e. The van der Waals surface area contributed by atoms with Gasteiger partial charge in [0.25, 0.3) is 0 Å². The van der Waals surface area contributed by atoms with Gasteiger partial charge in [0.1, 0.15) is 37.9 Å². The van der Waals surface area contributed by atoms with E-state index < -0.39 is 5.97 Å². The molecule has 4 heterocycles. The van der Waals surface area contributed by atoms with Gasteiger partial charge < -0.3 is 9.84 Å². The molecule has 7 nitrogen and oxygen atoms in total. The molecule has 1 aromatic carbocycles. The van der Waals surface area contributed by atoms with Crippen molar-refractivity contribution < 1.29 is 19.1 Å². The monoisotopic (exact) mass is 305 g/mol. The van der Waals surface area contributed by atoms with Gasteiger partial charge in [0.2, 0.25) is 0 Å². The van der Waals surface area contributed by atoms with Crippen LogP contribution >= 0.6 is 0 Å². The first kappa shape index (κ1) is 14.0. The van der Waals surface area contributed by atoms with Crippen LogP contribution in [0.15, 0.2) is 18.2 Å². The summed E-state index contributed by atoms with van der Waals surface area (Å²) in [6.07, 6.45) is 0. The van der Waals surface area contributed by atoms with Gasteiger partial charge in [-0.3, -0.25) is 4.48 Å². The van der Waals surface area contributed by atoms with Crippen molar-refractivity contribution in [2.75, 3.05) is 47.1 Å². The number of carboxylic acid groups (broad SMARTS) is 1. The Labute approximate surface area is 129 Å². The summed E-state index contributed by atoms with van der Waals surface area (Å²) in [5, 5.41) is 9.34. The van der Waals surface area contributed by atoms with Crippen molar-refractivity contribution in [1.82, 2.24) is 14.7 Å². The highest BCUT2D eigenvalue weighted by atomic mass is 16.5. The van der Waals surface area contributed by atoms with E-state index in [1.165, 1.54) is 7.11 Å². The number of rotatable bonds is 4. The van der Waals surface area contributed by atoms with E-state index in [-0.39, 0.29) is 5.56 Å². The molecular formula is C15H21N4O3+. The molecule has 1 aromatic rings. The summed E-state index contributed by atoms with van der Waals surface area (Å²) in [4.78, 5) is 18.8. The second kappa shape index (κ2) is 4.92. The second-order valence-corrected chi connectivity index (χ2v) is 6.70. The Bertz CT molecular complexity index is 584. The number of benzene rings is 1. The van der Waals surface area contributed by atoms with Gasteiger partial charge >= 0.3 is 5.97 Å². The third-order valence-electron chi connectivity index (χ3n) is 4.71. The lowest BCUT2D eigenvalue weighted by Crippen LogP contribution is -2.78. The van der Waals surface area contributed by atoms with Gasteiger partial charge in [0.15, 0.2) is 0 Å². The number of nitrogens with zero attached hydrogens (tertiary/aromatic N) is 4. The molecular weight excluding hydrogens is 284 g/mol. The van der Waals surface area contributed by atoms with Gasteiger partial charge in [-0.15, -0.1) is 0 Å². The van der Waals surface area contributed by atoms with Gasteiger partial charge in [-0.05, 0) is 18.2 Å². The molecule has 4 bridgehead atoms. The van der Waals surface area contributed by atoms with Crippen LogP contribution in [0.1, 0.15) is 15.9 Å². The minimum atomic E-state index is -0.937. The maximum absolute atomic E-state index is 11.4. The summed E-state index contributed by atoms with van der Waals surface area (Å²) in [6, 6.07) is 5.52. The van der Waals surface area contributed by atoms with Gasteiger partial charge in [-0.2, -0.15) is 0 Å². The van der Waals surface area contributed by atoms with E-state index in [0.29, 0.717) is 5.75 Å². The molecule has 22 heavy (non-hydrogen) atoms. The van der Waals surface area contributed by atoms with E-state index in [0.717, 1.165) is 56.6 Å². The summed E-state index contributed by atoms with van der Waals surface area (Å²) >= 11 is 0. The molecule has 4 fully saturated rings. The molecule has 0 amide bonds. The number of hydrogen-bond donors (Lipinski definition) is 1. The summed E-state index contributed by atoms with van der Waals surface area (Å²) in [7, 11) is 1.50. The Kier molecular flexibility index (Phi) is 3.12. The zero-order chi connectivity index (χ0) is 15.3. The fourth-order valence-electron chi connectivity index (χ4n) is 4.22. The van der Waals surface area contributed by atoms with Crippen LogP contribution in [0.3, 0.4) is 0 Å². The predicted octanol–water partition coefficient (Wildman–Crippen LogP) is 0.402. The molecule has 0 spiro atoms. The summed E-state index contributed by atoms with van der Waals surface area (Å²) in [5.41, 5.74) is 1.30. The average Bonchev–Trinajstić information content (AvgIpc) is 2.45. The van der Waals surface area contributed by atoms with E-state index in [9.17, 15) is 9.90 Å². The SMILES string of the molecule is COc1ccc(C[N+]23CN4CN(CN(C4)C2)C3)cc1C(=O)O. The van der Waals surface area contributed by atoms with E-state index in [1.807, 2.05) is 6.07 Å². The van der Waals surface area contributed by atoms with Crippen molar-refractivity contribution in [1.29, 1.82) is 0 Å². The van der Waals surface area contributed by atoms with Crippen LogP contribution in [0.4, 0.5) is 0 Å². The summed E-state index contributed by atoms with van der Waals surface area (Å²) in [5.74, 6) is -0.515. The number of methoxy groups -OCH3 is 1. The van der Waals surface area contributed by atoms with Crippen LogP contribution in [0.2, 0.25) is 0 Å². The summed E-state index contributed by atoms with van der Waals surface area (Å²) in [6.45, 7) is 7.15. The zero-order valence-corrected chi connectivity index (χ0v) is 12.7. The van der Waals surface area contributed by atoms with Gasteiger partial charge in [-0.1, -0.05) is 0 Å². The highest BCUT2D eigenvalue weighted by Gasteiger charge is 2.48. The average molecular weight is 305 g/mol. The Hall–Kier alpha value is -1.67. The molecule has 1 N–H and O–H groups in total. The predicted molar refractivity (Wildman–Crippen MR) is 78.6 cm³/mol. The van der Waals surface area contributed by atoms with Crippen molar-refractivity contribution in [2.24, 2.45) is 0 Å². The normalized spacial score (nSPS) is 35.6. The molecule has 5 rings (SSSR count). The lowest BCUT2D eigenvalue weighted by Gasteiger charge is -2.60. The third kappa shape index (κ3) is 2.26. The highest BCUT2D eigenvalue weighted by molar-refractivity contribution is 5.91. The van der Waals surface area contributed by atoms with Crippen molar-refractivity contribution in [2.45, 2.75) is 6.54 Å². The Balaban J connectivity index is 1.61. The van der Waals surface area contributed by atoms with Crippen molar-refractivity contribution in [3.63, 3.8) is 0 Å². The molecule has 4 aliphatic rings. The maximum atomic E-state index is 11.4. The first-order valence-electron chi connectivity index (χ1n) is 7.49. The van der Waals surface area contributed by atoms with Crippen molar-refractivity contribution >= 4 is 5.97 Å². The van der Waals surface area contributed by atoms with Crippen LogP contribution in [-0.2, 0) is 6.54 Å².